The summed E-state index contributed by atoms with van der Waals surface area (Å²) < 4.78 is 32.1. The van der Waals surface area contributed by atoms with Crippen molar-refractivity contribution in [1.82, 2.24) is 4.72 Å². The Labute approximate surface area is 125 Å². The summed E-state index contributed by atoms with van der Waals surface area (Å²) in [4.78, 5) is 11.6. The molecule has 0 radical (unpaired) electrons. The van der Waals surface area contributed by atoms with Gasteiger partial charge in [-0.3, -0.25) is 0 Å². The highest BCUT2D eigenvalue weighted by Crippen LogP contribution is 2.21. The Morgan fingerprint density at radius 2 is 2.00 bits per heavy atom. The van der Waals surface area contributed by atoms with Crippen LogP contribution in [0, 0.1) is 5.92 Å². The number of nitrogens with two attached hydrogens (primary N) is 1. The van der Waals surface area contributed by atoms with Crippen LogP contribution >= 0.6 is 0 Å². The fraction of sp³-hybridized carbons (Fsp3) is 0.500. The molecule has 6 nitrogen and oxygen atoms in total. The molecule has 0 aromatic heterocycles. The molecule has 7 heteroatoms. The van der Waals surface area contributed by atoms with Crippen molar-refractivity contribution in [3.8, 4) is 0 Å². The maximum Gasteiger partial charge on any atom is 0.339 e. The van der Waals surface area contributed by atoms with Crippen LogP contribution in [-0.2, 0) is 14.8 Å². The number of carbonyl (C=O) groups excluding carboxylic acids is 1. The number of esters is 1. The van der Waals surface area contributed by atoms with Gasteiger partial charge in [0.15, 0.2) is 0 Å². The van der Waals surface area contributed by atoms with Gasteiger partial charge in [-0.2, -0.15) is 0 Å². The van der Waals surface area contributed by atoms with Gasteiger partial charge in [0, 0.05) is 11.7 Å². The summed E-state index contributed by atoms with van der Waals surface area (Å²) in [5.74, 6) is -0.561. The molecule has 1 aromatic rings. The van der Waals surface area contributed by atoms with Crippen LogP contribution in [0.15, 0.2) is 23.1 Å². The Hall–Kier alpha value is -1.60. The number of benzene rings is 1. The van der Waals surface area contributed by atoms with E-state index in [-0.39, 0.29) is 22.4 Å². The van der Waals surface area contributed by atoms with E-state index in [0.29, 0.717) is 5.69 Å². The van der Waals surface area contributed by atoms with Crippen molar-refractivity contribution in [1.29, 1.82) is 0 Å². The fourth-order valence-corrected chi connectivity index (χ4v) is 3.36. The van der Waals surface area contributed by atoms with Gasteiger partial charge in [0.25, 0.3) is 0 Å². The Balaban J connectivity index is 3.22. The van der Waals surface area contributed by atoms with Crippen LogP contribution in [0.25, 0.3) is 0 Å². The molecule has 0 aliphatic rings. The summed E-state index contributed by atoms with van der Waals surface area (Å²) >= 11 is 0. The van der Waals surface area contributed by atoms with Crippen LogP contribution in [0.5, 0.6) is 0 Å². The molecule has 3 N–H and O–H groups in total. The summed E-state index contributed by atoms with van der Waals surface area (Å²) in [6.45, 7) is 5.73. The number of hydrogen-bond donors (Lipinski definition) is 2. The minimum absolute atomic E-state index is 0.0682. The lowest BCUT2D eigenvalue weighted by atomic mass is 10.0. The predicted molar refractivity (Wildman–Crippen MR) is 81.4 cm³/mol. The minimum atomic E-state index is -3.82. The van der Waals surface area contributed by atoms with Gasteiger partial charge in [-0.25, -0.2) is 17.9 Å². The first-order valence-electron chi connectivity index (χ1n) is 6.73. The third kappa shape index (κ3) is 4.18. The van der Waals surface area contributed by atoms with Crippen molar-refractivity contribution in [2.45, 2.75) is 38.1 Å². The SMILES string of the molecule is CCC(C)C(C)NS(=O)(=O)c1ccc(N)cc1C(=O)OC. The molecule has 0 heterocycles. The molecule has 0 aliphatic heterocycles. The number of hydrogen-bond acceptors (Lipinski definition) is 5. The number of sulfonamides is 1. The highest BCUT2D eigenvalue weighted by molar-refractivity contribution is 7.89. The highest BCUT2D eigenvalue weighted by Gasteiger charge is 2.26. The van der Waals surface area contributed by atoms with Gasteiger partial charge >= 0.3 is 5.97 Å². The molecule has 0 saturated carbocycles. The van der Waals surface area contributed by atoms with Crippen LogP contribution < -0.4 is 10.5 Å². The maximum absolute atomic E-state index is 12.5. The number of rotatable bonds is 6. The molecular formula is C14H22N2O4S. The van der Waals surface area contributed by atoms with Gasteiger partial charge in [-0.15, -0.1) is 0 Å². The number of methoxy groups -OCH3 is 1. The molecule has 0 aliphatic carbocycles. The summed E-state index contributed by atoms with van der Waals surface area (Å²) in [5.41, 5.74) is 5.84. The van der Waals surface area contributed by atoms with E-state index in [1.807, 2.05) is 13.8 Å². The highest BCUT2D eigenvalue weighted by atomic mass is 32.2. The van der Waals surface area contributed by atoms with Crippen molar-refractivity contribution in [3.63, 3.8) is 0 Å². The zero-order valence-corrected chi connectivity index (χ0v) is 13.5. The topological polar surface area (TPSA) is 98.5 Å². The third-order valence-electron chi connectivity index (χ3n) is 3.54. The van der Waals surface area contributed by atoms with Crippen LogP contribution in [0.1, 0.15) is 37.6 Å². The van der Waals surface area contributed by atoms with Crippen LogP contribution in [-0.4, -0.2) is 27.5 Å². The van der Waals surface area contributed by atoms with Crippen LogP contribution in [0.4, 0.5) is 5.69 Å². The second kappa shape index (κ2) is 6.91. The number of carbonyl (C=O) groups is 1. The lowest BCUT2D eigenvalue weighted by Gasteiger charge is -2.20. The summed E-state index contributed by atoms with van der Waals surface area (Å²) in [7, 11) is -2.63. The van der Waals surface area contributed by atoms with E-state index < -0.39 is 16.0 Å². The fourth-order valence-electron chi connectivity index (χ4n) is 1.83. The predicted octanol–water partition coefficient (Wildman–Crippen LogP) is 1.77. The van der Waals surface area contributed by atoms with E-state index in [2.05, 4.69) is 9.46 Å². The molecule has 2 unspecified atom stereocenters. The standard InChI is InChI=1S/C14H22N2O4S/c1-5-9(2)10(3)16-21(18,19)13-7-6-11(15)8-12(13)14(17)20-4/h6-10,16H,5,15H2,1-4H3. The molecule has 2 atom stereocenters. The van der Waals surface area contributed by atoms with E-state index in [1.54, 1.807) is 6.92 Å². The van der Waals surface area contributed by atoms with Crippen molar-refractivity contribution < 1.29 is 17.9 Å². The Kier molecular flexibility index (Phi) is 5.74. The normalized spacial score (nSPS) is 14.5. The lowest BCUT2D eigenvalue weighted by molar-refractivity contribution is 0.0596. The van der Waals surface area contributed by atoms with Crippen molar-refractivity contribution >= 4 is 21.7 Å². The molecule has 1 aromatic carbocycles. The van der Waals surface area contributed by atoms with E-state index in [9.17, 15) is 13.2 Å². The molecule has 0 fully saturated rings. The Bertz CT molecular complexity index is 613. The molecule has 0 spiro atoms. The third-order valence-corrected chi connectivity index (χ3v) is 5.15. The van der Waals surface area contributed by atoms with Gasteiger partial charge < -0.3 is 10.5 Å². The van der Waals surface area contributed by atoms with Gasteiger partial charge in [0.05, 0.1) is 17.6 Å². The van der Waals surface area contributed by atoms with Gasteiger partial charge in [0.1, 0.15) is 0 Å². The second-order valence-electron chi connectivity index (χ2n) is 5.04. The first-order valence-corrected chi connectivity index (χ1v) is 8.21. The number of anilines is 1. The quantitative estimate of drug-likeness (QED) is 0.616. The first kappa shape index (κ1) is 17.5. The maximum atomic E-state index is 12.5. The Morgan fingerprint density at radius 3 is 2.52 bits per heavy atom. The average molecular weight is 314 g/mol. The average Bonchev–Trinajstić information content (AvgIpc) is 2.44. The lowest BCUT2D eigenvalue weighted by Crippen LogP contribution is -2.37. The van der Waals surface area contributed by atoms with Crippen LogP contribution in [0.2, 0.25) is 0 Å². The molecule has 21 heavy (non-hydrogen) atoms. The summed E-state index contributed by atoms with van der Waals surface area (Å²) in [5, 5.41) is 0. The van der Waals surface area contributed by atoms with Crippen molar-refractivity contribution in [3.05, 3.63) is 23.8 Å². The number of nitrogen functional groups attached to an aromatic ring is 1. The van der Waals surface area contributed by atoms with E-state index >= 15 is 0 Å². The van der Waals surface area contributed by atoms with Gasteiger partial charge in [-0.05, 0) is 31.0 Å². The molecule has 118 valence electrons. The molecular weight excluding hydrogens is 292 g/mol. The zero-order chi connectivity index (χ0) is 16.2. The largest absolute Gasteiger partial charge is 0.465 e. The summed E-state index contributed by atoms with van der Waals surface area (Å²) in [6.07, 6.45) is 0.843. The smallest absolute Gasteiger partial charge is 0.339 e. The van der Waals surface area contributed by atoms with Crippen molar-refractivity contribution in [2.24, 2.45) is 5.92 Å². The molecule has 0 amide bonds. The minimum Gasteiger partial charge on any atom is -0.465 e. The van der Waals surface area contributed by atoms with Crippen LogP contribution in [0.3, 0.4) is 0 Å². The molecule has 1 rings (SSSR count). The van der Waals surface area contributed by atoms with Crippen molar-refractivity contribution in [2.75, 3.05) is 12.8 Å². The van der Waals surface area contributed by atoms with E-state index in [0.717, 1.165) is 6.42 Å². The van der Waals surface area contributed by atoms with Gasteiger partial charge in [0.2, 0.25) is 10.0 Å². The number of ether oxygens (including phenoxy) is 1. The van der Waals surface area contributed by atoms with E-state index in [1.165, 1.54) is 25.3 Å². The first-order chi connectivity index (χ1) is 9.72. The summed E-state index contributed by atoms with van der Waals surface area (Å²) in [6, 6.07) is 3.80. The van der Waals surface area contributed by atoms with E-state index in [4.69, 9.17) is 5.73 Å². The monoisotopic (exact) mass is 314 g/mol. The zero-order valence-electron chi connectivity index (χ0n) is 12.7. The number of nitrogens with one attached hydrogen (secondary N) is 1. The molecule has 0 bridgehead atoms. The Morgan fingerprint density at radius 1 is 1.38 bits per heavy atom. The van der Waals surface area contributed by atoms with Gasteiger partial charge in [-0.1, -0.05) is 20.3 Å². The molecule has 0 saturated heterocycles. The second-order valence-corrected chi connectivity index (χ2v) is 6.73.